The highest BCUT2D eigenvalue weighted by Crippen LogP contribution is 2.41. The maximum Gasteiger partial charge on any atom is 0.149 e. The molecule has 0 spiro atoms. The molecule has 3 aromatic carbocycles. The fourth-order valence-electron chi connectivity index (χ4n) is 3.62. The molecule has 4 nitrogen and oxygen atoms in total. The highest BCUT2D eigenvalue weighted by Gasteiger charge is 2.39. The molecule has 0 unspecified atom stereocenters. The molecule has 3 aromatic rings. The van der Waals surface area contributed by atoms with Gasteiger partial charge < -0.3 is 9.47 Å². The molecule has 146 valence electrons. The van der Waals surface area contributed by atoms with Crippen molar-refractivity contribution in [1.29, 1.82) is 0 Å². The fourth-order valence-corrected chi connectivity index (χ4v) is 4.90. The number of rotatable bonds is 7. The maximum atomic E-state index is 12.6. The highest BCUT2D eigenvalue weighted by molar-refractivity contribution is 7.90. The molecule has 0 aliphatic rings. The van der Waals surface area contributed by atoms with Crippen LogP contribution >= 0.6 is 0 Å². The molecule has 0 aliphatic carbocycles. The number of ether oxygens (including phenoxy) is 2. The van der Waals surface area contributed by atoms with Crippen molar-refractivity contribution in [2.45, 2.75) is 5.41 Å². The second-order valence-electron chi connectivity index (χ2n) is 6.80. The van der Waals surface area contributed by atoms with Gasteiger partial charge in [0.15, 0.2) is 0 Å². The van der Waals surface area contributed by atoms with Crippen LogP contribution in [0.3, 0.4) is 0 Å². The van der Waals surface area contributed by atoms with Gasteiger partial charge in [0.05, 0.1) is 25.4 Å². The number of hydrogen-bond donors (Lipinski definition) is 0. The van der Waals surface area contributed by atoms with Crippen LogP contribution in [0.4, 0.5) is 0 Å². The Kier molecular flexibility index (Phi) is 5.75. The van der Waals surface area contributed by atoms with Gasteiger partial charge in [0, 0.05) is 6.26 Å². The van der Waals surface area contributed by atoms with E-state index in [1.165, 1.54) is 6.26 Å². The van der Waals surface area contributed by atoms with Crippen molar-refractivity contribution < 1.29 is 17.9 Å². The van der Waals surface area contributed by atoms with E-state index >= 15 is 0 Å². The van der Waals surface area contributed by atoms with Crippen LogP contribution in [0.25, 0.3) is 0 Å². The number of methoxy groups -OCH3 is 2. The van der Waals surface area contributed by atoms with Crippen LogP contribution in [0.2, 0.25) is 0 Å². The Morgan fingerprint density at radius 3 is 1.43 bits per heavy atom. The molecule has 0 atom stereocenters. The van der Waals surface area contributed by atoms with Crippen LogP contribution in [0, 0.1) is 0 Å². The fraction of sp³-hybridized carbons (Fsp3) is 0.217. The number of sulfone groups is 1. The van der Waals surface area contributed by atoms with E-state index in [1.807, 2.05) is 78.9 Å². The first kappa shape index (κ1) is 20.0. The van der Waals surface area contributed by atoms with Crippen LogP contribution in [0.1, 0.15) is 16.7 Å². The number of hydrogen-bond acceptors (Lipinski definition) is 4. The van der Waals surface area contributed by atoms with Gasteiger partial charge in [0.2, 0.25) is 0 Å². The first-order chi connectivity index (χ1) is 13.4. The summed E-state index contributed by atoms with van der Waals surface area (Å²) in [5, 5.41) is 0. The van der Waals surface area contributed by atoms with Crippen LogP contribution in [0.15, 0.2) is 78.9 Å². The average molecular weight is 397 g/mol. The van der Waals surface area contributed by atoms with Gasteiger partial charge in [-0.15, -0.1) is 0 Å². The average Bonchev–Trinajstić information content (AvgIpc) is 2.72. The molecular formula is C23H24O4S. The molecule has 0 aromatic heterocycles. The van der Waals surface area contributed by atoms with Gasteiger partial charge in [0.25, 0.3) is 0 Å². The smallest absolute Gasteiger partial charge is 0.149 e. The van der Waals surface area contributed by atoms with Crippen LogP contribution in [-0.2, 0) is 15.3 Å². The lowest BCUT2D eigenvalue weighted by Gasteiger charge is -2.35. The topological polar surface area (TPSA) is 52.6 Å². The standard InChI is InChI=1S/C23H24O4S/c1-26-21-13-9-19(10-14-21)23(17-28(3,24)25,18-7-5-4-6-8-18)20-11-15-22(27-2)16-12-20/h4-16H,17H2,1-3H3. The van der Waals surface area contributed by atoms with E-state index in [4.69, 9.17) is 9.47 Å². The predicted molar refractivity (Wildman–Crippen MR) is 112 cm³/mol. The Morgan fingerprint density at radius 2 is 1.07 bits per heavy atom. The molecular weight excluding hydrogens is 372 g/mol. The van der Waals surface area contributed by atoms with Crippen molar-refractivity contribution in [3.05, 3.63) is 95.6 Å². The lowest BCUT2D eigenvalue weighted by Crippen LogP contribution is -2.37. The summed E-state index contributed by atoms with van der Waals surface area (Å²) in [6, 6.07) is 24.9. The Hall–Kier alpha value is -2.79. The lowest BCUT2D eigenvalue weighted by molar-refractivity contribution is 0.414. The summed E-state index contributed by atoms with van der Waals surface area (Å²) in [5.74, 6) is 1.39. The lowest BCUT2D eigenvalue weighted by atomic mass is 9.71. The monoisotopic (exact) mass is 396 g/mol. The Bertz CT molecular complexity index is 961. The minimum absolute atomic E-state index is 0.0529. The summed E-state index contributed by atoms with van der Waals surface area (Å²) in [6.45, 7) is 0. The summed E-state index contributed by atoms with van der Waals surface area (Å²) in [7, 11) is -0.0990. The third-order valence-electron chi connectivity index (χ3n) is 4.91. The normalized spacial score (nSPS) is 11.8. The minimum atomic E-state index is -3.32. The third kappa shape index (κ3) is 4.04. The van der Waals surface area contributed by atoms with Crippen molar-refractivity contribution in [3.8, 4) is 11.5 Å². The molecule has 28 heavy (non-hydrogen) atoms. The molecule has 0 fully saturated rings. The molecule has 0 saturated heterocycles. The molecule has 0 amide bonds. The molecule has 0 heterocycles. The molecule has 0 aliphatic heterocycles. The van der Waals surface area contributed by atoms with Crippen LogP contribution in [-0.4, -0.2) is 34.6 Å². The van der Waals surface area contributed by atoms with E-state index in [9.17, 15) is 8.42 Å². The summed E-state index contributed by atoms with van der Waals surface area (Å²) >= 11 is 0. The minimum Gasteiger partial charge on any atom is -0.497 e. The van der Waals surface area contributed by atoms with E-state index in [0.717, 1.165) is 28.2 Å². The molecule has 0 radical (unpaired) electrons. The van der Waals surface area contributed by atoms with Gasteiger partial charge in [-0.25, -0.2) is 8.42 Å². The van der Waals surface area contributed by atoms with E-state index in [0.29, 0.717) is 0 Å². The second kappa shape index (κ2) is 8.07. The van der Waals surface area contributed by atoms with Gasteiger partial charge >= 0.3 is 0 Å². The van der Waals surface area contributed by atoms with Crippen molar-refractivity contribution >= 4 is 9.84 Å². The van der Waals surface area contributed by atoms with E-state index in [2.05, 4.69) is 0 Å². The Labute approximate surface area is 166 Å². The zero-order valence-corrected chi connectivity index (χ0v) is 17.1. The predicted octanol–water partition coefficient (Wildman–Crippen LogP) is 4.08. The van der Waals surface area contributed by atoms with Crippen LogP contribution in [0.5, 0.6) is 11.5 Å². The van der Waals surface area contributed by atoms with Crippen molar-refractivity contribution in [2.24, 2.45) is 0 Å². The van der Waals surface area contributed by atoms with Gasteiger partial charge in [-0.2, -0.15) is 0 Å². The maximum absolute atomic E-state index is 12.6. The molecule has 5 heteroatoms. The highest BCUT2D eigenvalue weighted by atomic mass is 32.2. The van der Waals surface area contributed by atoms with Crippen LogP contribution < -0.4 is 9.47 Å². The largest absolute Gasteiger partial charge is 0.497 e. The first-order valence-electron chi connectivity index (χ1n) is 8.91. The molecule has 0 N–H and O–H groups in total. The second-order valence-corrected chi connectivity index (χ2v) is 8.94. The summed E-state index contributed by atoms with van der Waals surface area (Å²) in [5.41, 5.74) is 1.83. The summed E-state index contributed by atoms with van der Waals surface area (Å²) < 4.78 is 35.7. The zero-order chi connectivity index (χ0) is 20.2. The third-order valence-corrected chi connectivity index (χ3v) is 5.87. The zero-order valence-electron chi connectivity index (χ0n) is 16.3. The van der Waals surface area contributed by atoms with Gasteiger partial charge in [-0.3, -0.25) is 0 Å². The molecule has 3 rings (SSSR count). The van der Waals surface area contributed by atoms with Crippen molar-refractivity contribution in [3.63, 3.8) is 0 Å². The van der Waals surface area contributed by atoms with Gasteiger partial charge in [-0.1, -0.05) is 54.6 Å². The van der Waals surface area contributed by atoms with Gasteiger partial charge in [-0.05, 0) is 41.0 Å². The summed E-state index contributed by atoms with van der Waals surface area (Å²) in [4.78, 5) is 0. The van der Waals surface area contributed by atoms with Gasteiger partial charge in [0.1, 0.15) is 21.3 Å². The Morgan fingerprint density at radius 1 is 0.679 bits per heavy atom. The van der Waals surface area contributed by atoms with E-state index in [1.54, 1.807) is 14.2 Å². The quantitative estimate of drug-likeness (QED) is 0.565. The summed E-state index contributed by atoms with van der Waals surface area (Å²) in [6.07, 6.45) is 1.28. The van der Waals surface area contributed by atoms with Crippen molar-refractivity contribution in [1.82, 2.24) is 0 Å². The number of benzene rings is 3. The van der Waals surface area contributed by atoms with Crippen molar-refractivity contribution in [2.75, 3.05) is 26.2 Å². The molecule has 0 bridgehead atoms. The van der Waals surface area contributed by atoms with E-state index < -0.39 is 15.3 Å². The van der Waals surface area contributed by atoms with E-state index in [-0.39, 0.29) is 5.75 Å². The Balaban J connectivity index is 2.33. The molecule has 0 saturated carbocycles. The first-order valence-corrected chi connectivity index (χ1v) is 11.0. The SMILES string of the molecule is COc1ccc(C(CS(C)(=O)=O)(c2ccccc2)c2ccc(OC)cc2)cc1.